The molecule has 0 unspecified atom stereocenters. The summed E-state index contributed by atoms with van der Waals surface area (Å²) in [7, 11) is 0. The van der Waals surface area contributed by atoms with E-state index in [1.807, 2.05) is 24.3 Å². The van der Waals surface area contributed by atoms with Crippen molar-refractivity contribution in [1.29, 1.82) is 0 Å². The van der Waals surface area contributed by atoms with Crippen LogP contribution in [0.5, 0.6) is 0 Å². The van der Waals surface area contributed by atoms with Crippen LogP contribution in [-0.4, -0.2) is 28.4 Å². The minimum absolute atomic E-state index is 0.423. The van der Waals surface area contributed by atoms with E-state index >= 15 is 0 Å². The number of benzene rings is 1. The summed E-state index contributed by atoms with van der Waals surface area (Å²) in [6.45, 7) is 1.42. The topological polar surface area (TPSA) is 74.6 Å². The number of rotatable bonds is 5. The molecule has 8 heteroatoms. The van der Waals surface area contributed by atoms with Crippen LogP contribution in [0.4, 0.5) is 14.6 Å². The second kappa shape index (κ2) is 7.58. The molecule has 6 nitrogen and oxygen atoms in total. The first-order valence-corrected chi connectivity index (χ1v) is 7.49. The predicted molar refractivity (Wildman–Crippen MR) is 88.1 cm³/mol. The van der Waals surface area contributed by atoms with Gasteiger partial charge in [0.25, 0.3) is 6.09 Å². The molecule has 3 rings (SSSR count). The third-order valence-corrected chi connectivity index (χ3v) is 3.42. The lowest BCUT2D eigenvalue weighted by Crippen LogP contribution is -2.32. The monoisotopic (exact) mass is 330 g/mol. The van der Waals surface area contributed by atoms with Gasteiger partial charge in [0.2, 0.25) is 0 Å². The van der Waals surface area contributed by atoms with E-state index in [-0.39, 0.29) is 0 Å². The third-order valence-electron chi connectivity index (χ3n) is 3.42. The summed E-state index contributed by atoms with van der Waals surface area (Å²) >= 11 is 0. The zero-order chi connectivity index (χ0) is 16.8. The summed E-state index contributed by atoms with van der Waals surface area (Å²) in [5.41, 5.74) is 2.04. The molecule has 0 bridgehead atoms. The van der Waals surface area contributed by atoms with Gasteiger partial charge in [-0.15, -0.1) is 0 Å². The van der Waals surface area contributed by atoms with E-state index < -0.39 is 12.2 Å². The Morgan fingerprint density at radius 3 is 2.67 bits per heavy atom. The molecule has 24 heavy (non-hydrogen) atoms. The lowest BCUT2D eigenvalue weighted by Gasteiger charge is -2.11. The van der Waals surface area contributed by atoms with Crippen molar-refractivity contribution in [1.82, 2.24) is 15.3 Å². The summed E-state index contributed by atoms with van der Waals surface area (Å²) in [4.78, 5) is 15.0. The number of halogens is 2. The van der Waals surface area contributed by atoms with Crippen LogP contribution < -0.4 is 10.6 Å². The van der Waals surface area contributed by atoms with E-state index in [2.05, 4.69) is 30.6 Å². The van der Waals surface area contributed by atoms with Gasteiger partial charge >= 0.3 is 6.08 Å². The fourth-order valence-electron chi connectivity index (χ4n) is 2.17. The summed E-state index contributed by atoms with van der Waals surface area (Å²) in [5, 5.41) is 5.55. The molecule has 0 radical (unpaired) electrons. The zero-order valence-corrected chi connectivity index (χ0v) is 12.8. The van der Waals surface area contributed by atoms with Gasteiger partial charge < -0.3 is 10.6 Å². The highest BCUT2D eigenvalue weighted by Gasteiger charge is 2.08. The highest BCUT2D eigenvalue weighted by atomic mass is 19.1. The molecular formula is C16H16F2N6. The van der Waals surface area contributed by atoms with Crippen LogP contribution in [0.25, 0.3) is 0 Å². The van der Waals surface area contributed by atoms with Crippen LogP contribution in [0, 0.1) is 6.08 Å². The van der Waals surface area contributed by atoms with Crippen molar-refractivity contribution in [2.24, 2.45) is 9.98 Å². The normalized spacial score (nSPS) is 15.8. The predicted octanol–water partition coefficient (Wildman–Crippen LogP) is 2.45. The lowest BCUT2D eigenvalue weighted by atomic mass is 10.1. The molecular weight excluding hydrogens is 314 g/mol. The van der Waals surface area contributed by atoms with Crippen molar-refractivity contribution in [3.8, 4) is 0 Å². The van der Waals surface area contributed by atoms with Gasteiger partial charge in [0.05, 0.1) is 13.1 Å². The minimum atomic E-state index is -0.757. The van der Waals surface area contributed by atoms with Gasteiger partial charge in [-0.2, -0.15) is 13.8 Å². The molecule has 2 N–H and O–H groups in total. The minimum Gasteiger partial charge on any atom is -0.366 e. The number of aliphatic imine (C=N–C) groups is 2. The molecule has 0 atom stereocenters. The fraction of sp³-hybridized carbons (Fsp3) is 0.250. The second-order valence-corrected chi connectivity index (χ2v) is 5.19. The molecule has 1 aromatic heterocycles. The molecule has 2 heterocycles. The summed E-state index contributed by atoms with van der Waals surface area (Å²) in [5.74, 6) is 1.05. The van der Waals surface area contributed by atoms with Crippen molar-refractivity contribution < 1.29 is 8.78 Å². The second-order valence-electron chi connectivity index (χ2n) is 5.19. The lowest BCUT2D eigenvalue weighted by molar-refractivity contribution is 0.540. The summed E-state index contributed by atoms with van der Waals surface area (Å²) < 4.78 is 25.9. The molecule has 1 aliphatic rings. The number of nitrogens with one attached hydrogen (secondary N) is 2. The SMILES string of the molecule is FC1=NCCC(=NCc2ccc(CNc3ccnc(F)n3)cc2)N1. The van der Waals surface area contributed by atoms with Crippen LogP contribution in [-0.2, 0) is 13.1 Å². The maximum Gasteiger partial charge on any atom is 0.310 e. The summed E-state index contributed by atoms with van der Waals surface area (Å²) in [6.07, 6.45) is 0.639. The van der Waals surface area contributed by atoms with Gasteiger partial charge in [-0.1, -0.05) is 24.3 Å². The molecule has 124 valence electrons. The van der Waals surface area contributed by atoms with E-state index in [0.717, 1.165) is 11.1 Å². The van der Waals surface area contributed by atoms with Gasteiger partial charge in [-0.05, 0) is 17.2 Å². The molecule has 0 saturated heterocycles. The quantitative estimate of drug-likeness (QED) is 0.652. The molecule has 0 amide bonds. The summed E-state index contributed by atoms with van der Waals surface area (Å²) in [6, 6.07) is 9.42. The van der Waals surface area contributed by atoms with Gasteiger partial charge in [-0.3, -0.25) is 4.99 Å². The maximum absolute atomic E-state index is 13.0. The molecule has 0 saturated carbocycles. The number of amidine groups is 2. The van der Waals surface area contributed by atoms with E-state index in [1.165, 1.54) is 6.20 Å². The van der Waals surface area contributed by atoms with Crippen LogP contribution in [0.15, 0.2) is 46.5 Å². The standard InChI is InChI=1S/C16H16F2N6/c17-15-19-7-5-13(23-15)21-9-11-1-2-12(4-3-11)10-22-14-6-8-20-16(18)24-14/h1-5,7H,6,8-10H2,(H,19,21,23)(H,20,22,24). The number of aromatic nitrogens is 2. The molecule has 0 aliphatic carbocycles. The number of hydrogen-bond donors (Lipinski definition) is 2. The van der Waals surface area contributed by atoms with Gasteiger partial charge in [-0.25, -0.2) is 9.98 Å². The Morgan fingerprint density at radius 1 is 1.12 bits per heavy atom. The first-order valence-electron chi connectivity index (χ1n) is 7.49. The first kappa shape index (κ1) is 16.0. The molecule has 1 aliphatic heterocycles. The van der Waals surface area contributed by atoms with E-state index in [1.54, 1.807) is 6.07 Å². The molecule has 2 aromatic rings. The van der Waals surface area contributed by atoms with Gasteiger partial charge in [0.1, 0.15) is 11.7 Å². The third kappa shape index (κ3) is 4.55. The van der Waals surface area contributed by atoms with Crippen LogP contribution in [0.2, 0.25) is 0 Å². The van der Waals surface area contributed by atoms with Crippen LogP contribution in [0.1, 0.15) is 17.5 Å². The average molecular weight is 330 g/mol. The van der Waals surface area contributed by atoms with Crippen molar-refractivity contribution in [2.45, 2.75) is 19.5 Å². The number of anilines is 1. The largest absolute Gasteiger partial charge is 0.366 e. The van der Waals surface area contributed by atoms with Crippen LogP contribution >= 0.6 is 0 Å². The molecule has 0 spiro atoms. The van der Waals surface area contributed by atoms with Gasteiger partial charge in [0.15, 0.2) is 0 Å². The smallest absolute Gasteiger partial charge is 0.310 e. The Morgan fingerprint density at radius 2 is 1.92 bits per heavy atom. The Balaban J connectivity index is 1.53. The number of hydrogen-bond acceptors (Lipinski definition) is 5. The van der Waals surface area contributed by atoms with E-state index in [4.69, 9.17) is 0 Å². The van der Waals surface area contributed by atoms with Crippen molar-refractivity contribution >= 4 is 17.7 Å². The van der Waals surface area contributed by atoms with Crippen molar-refractivity contribution in [3.05, 3.63) is 53.7 Å². The Labute approximate surface area is 137 Å². The van der Waals surface area contributed by atoms with Crippen LogP contribution in [0.3, 0.4) is 0 Å². The Bertz CT molecular complexity index is 757. The average Bonchev–Trinajstić information content (AvgIpc) is 2.59. The van der Waals surface area contributed by atoms with E-state index in [9.17, 15) is 8.78 Å². The first-order chi connectivity index (χ1) is 11.7. The molecule has 1 aromatic carbocycles. The number of nitrogens with zero attached hydrogens (tertiary/aromatic N) is 4. The maximum atomic E-state index is 13.0. The van der Waals surface area contributed by atoms with E-state index in [0.29, 0.717) is 37.7 Å². The highest BCUT2D eigenvalue weighted by molar-refractivity contribution is 5.98. The Hall–Kier alpha value is -2.90. The fourth-order valence-corrected chi connectivity index (χ4v) is 2.17. The highest BCUT2D eigenvalue weighted by Crippen LogP contribution is 2.09. The Kier molecular flexibility index (Phi) is 5.05. The molecule has 0 fully saturated rings. The van der Waals surface area contributed by atoms with Gasteiger partial charge in [0, 0.05) is 19.2 Å². The van der Waals surface area contributed by atoms with Crippen molar-refractivity contribution in [2.75, 3.05) is 11.9 Å². The van der Waals surface area contributed by atoms with Crippen molar-refractivity contribution in [3.63, 3.8) is 0 Å². The zero-order valence-electron chi connectivity index (χ0n) is 12.8.